The Bertz CT molecular complexity index is 936. The van der Waals surface area contributed by atoms with Gasteiger partial charge in [0.15, 0.2) is 0 Å². The lowest BCUT2D eigenvalue weighted by Crippen LogP contribution is -2.39. The van der Waals surface area contributed by atoms with Gasteiger partial charge in [0, 0.05) is 18.9 Å². The molecule has 6 heteroatoms. The van der Waals surface area contributed by atoms with Crippen LogP contribution in [0.25, 0.3) is 11.0 Å². The van der Waals surface area contributed by atoms with E-state index in [1.807, 2.05) is 16.7 Å². The van der Waals surface area contributed by atoms with E-state index in [0.717, 1.165) is 30.3 Å². The van der Waals surface area contributed by atoms with Crippen molar-refractivity contribution in [3.8, 4) is 0 Å². The van der Waals surface area contributed by atoms with Gasteiger partial charge in [-0.2, -0.15) is 0 Å². The lowest BCUT2D eigenvalue weighted by Gasteiger charge is -2.15. The van der Waals surface area contributed by atoms with E-state index in [-0.39, 0.29) is 17.8 Å². The molecule has 1 unspecified atom stereocenters. The zero-order valence-electron chi connectivity index (χ0n) is 14.2. The average Bonchev–Trinajstić information content (AvgIpc) is 3.21. The van der Waals surface area contributed by atoms with E-state index in [0.29, 0.717) is 17.6 Å². The molecule has 134 valence electrons. The molecule has 5 nitrogen and oxygen atoms in total. The van der Waals surface area contributed by atoms with E-state index < -0.39 is 6.10 Å². The Morgan fingerprint density at radius 2 is 2.08 bits per heavy atom. The van der Waals surface area contributed by atoms with Gasteiger partial charge < -0.3 is 15.0 Å². The molecule has 1 fully saturated rings. The first-order chi connectivity index (χ1) is 12.6. The fourth-order valence-electron chi connectivity index (χ4n) is 3.56. The van der Waals surface area contributed by atoms with E-state index in [1.54, 1.807) is 24.5 Å². The highest BCUT2D eigenvalue weighted by Crippen LogP contribution is 2.23. The van der Waals surface area contributed by atoms with E-state index in [9.17, 15) is 14.3 Å². The van der Waals surface area contributed by atoms with Crippen molar-refractivity contribution in [2.75, 3.05) is 0 Å². The summed E-state index contributed by atoms with van der Waals surface area (Å²) in [5.74, 6) is -0.500. The minimum Gasteiger partial charge on any atom is -0.391 e. The molecule has 0 spiro atoms. The largest absolute Gasteiger partial charge is 0.391 e. The first-order valence-corrected chi connectivity index (χ1v) is 8.79. The van der Waals surface area contributed by atoms with Crippen molar-refractivity contribution < 1.29 is 14.3 Å². The Hall–Kier alpha value is -2.73. The van der Waals surface area contributed by atoms with Gasteiger partial charge in [0.1, 0.15) is 11.3 Å². The number of aliphatic hydroxyl groups is 1. The molecule has 0 saturated heterocycles. The predicted molar refractivity (Wildman–Crippen MR) is 96.3 cm³/mol. The van der Waals surface area contributed by atoms with Crippen LogP contribution in [0.1, 0.15) is 35.2 Å². The van der Waals surface area contributed by atoms with E-state index in [4.69, 9.17) is 0 Å². The maximum absolute atomic E-state index is 13.1. The van der Waals surface area contributed by atoms with Crippen LogP contribution in [0, 0.1) is 5.82 Å². The van der Waals surface area contributed by atoms with Gasteiger partial charge in [-0.1, -0.05) is 12.1 Å². The van der Waals surface area contributed by atoms with Crippen molar-refractivity contribution in [1.82, 2.24) is 14.9 Å². The molecule has 1 aromatic carbocycles. The third-order valence-corrected chi connectivity index (χ3v) is 4.94. The number of fused-ring (bicyclic) bond motifs is 1. The van der Waals surface area contributed by atoms with Crippen LogP contribution in [0.15, 0.2) is 48.8 Å². The lowest BCUT2D eigenvalue weighted by atomic mass is 10.2. The number of aliphatic hydroxyl groups excluding tert-OH is 1. The Kier molecular flexibility index (Phi) is 4.42. The van der Waals surface area contributed by atoms with Crippen molar-refractivity contribution in [1.29, 1.82) is 0 Å². The molecule has 0 aliphatic heterocycles. The van der Waals surface area contributed by atoms with Crippen molar-refractivity contribution in [2.24, 2.45) is 0 Å². The number of halogens is 1. The summed E-state index contributed by atoms with van der Waals surface area (Å²) in [6.07, 6.45) is 5.36. The first kappa shape index (κ1) is 16.7. The predicted octanol–water partition coefficient (Wildman–Crippen LogP) is 2.87. The third kappa shape index (κ3) is 3.20. The topological polar surface area (TPSA) is 67.2 Å². The van der Waals surface area contributed by atoms with E-state index >= 15 is 0 Å². The van der Waals surface area contributed by atoms with Gasteiger partial charge in [-0.05, 0) is 49.1 Å². The van der Waals surface area contributed by atoms with Gasteiger partial charge in [-0.15, -0.1) is 0 Å². The average molecular weight is 353 g/mol. The number of nitrogens with zero attached hydrogens (tertiary/aromatic N) is 2. The summed E-state index contributed by atoms with van der Waals surface area (Å²) in [5, 5.41) is 12.9. The summed E-state index contributed by atoms with van der Waals surface area (Å²) in [4.78, 5) is 17.1. The molecule has 1 amide bonds. The minimum atomic E-state index is -0.487. The maximum Gasteiger partial charge on any atom is 0.255 e. The molecule has 1 saturated carbocycles. The van der Waals surface area contributed by atoms with Crippen LogP contribution in [0.5, 0.6) is 0 Å². The molecule has 0 radical (unpaired) electrons. The minimum absolute atomic E-state index is 0.207. The summed E-state index contributed by atoms with van der Waals surface area (Å²) in [7, 11) is 0. The molecule has 1 aliphatic rings. The van der Waals surface area contributed by atoms with Crippen molar-refractivity contribution in [3.63, 3.8) is 0 Å². The van der Waals surface area contributed by atoms with Gasteiger partial charge in [0.05, 0.1) is 23.2 Å². The van der Waals surface area contributed by atoms with Crippen molar-refractivity contribution in [3.05, 3.63) is 65.7 Å². The quantitative estimate of drug-likeness (QED) is 0.758. The van der Waals surface area contributed by atoms with E-state index in [1.165, 1.54) is 12.1 Å². The fourth-order valence-corrected chi connectivity index (χ4v) is 3.56. The highest BCUT2D eigenvalue weighted by atomic mass is 19.1. The Labute approximate surface area is 150 Å². The van der Waals surface area contributed by atoms with Crippen LogP contribution in [-0.4, -0.2) is 32.7 Å². The zero-order valence-corrected chi connectivity index (χ0v) is 14.2. The van der Waals surface area contributed by atoms with Gasteiger partial charge in [-0.3, -0.25) is 9.78 Å². The normalized spacial score (nSPS) is 19.8. The zero-order chi connectivity index (χ0) is 18.1. The van der Waals surface area contributed by atoms with Gasteiger partial charge in [-0.25, -0.2) is 4.39 Å². The molecule has 2 heterocycles. The molecule has 2 aromatic heterocycles. The van der Waals surface area contributed by atoms with Crippen LogP contribution in [0.4, 0.5) is 4.39 Å². The number of carbonyl (C=O) groups excluding carboxylic acids is 1. The summed E-state index contributed by atoms with van der Waals surface area (Å²) < 4.78 is 15.1. The van der Waals surface area contributed by atoms with E-state index in [2.05, 4.69) is 10.3 Å². The monoisotopic (exact) mass is 353 g/mol. The molecular weight excluding hydrogens is 333 g/mol. The SMILES string of the molecule is O=C(NC1CCC[C@@H]1O)c1cn(Cc2ccc(F)cc2)c2cccnc12. The Morgan fingerprint density at radius 3 is 2.81 bits per heavy atom. The summed E-state index contributed by atoms with van der Waals surface area (Å²) in [6, 6.07) is 9.83. The Balaban J connectivity index is 1.65. The third-order valence-electron chi connectivity index (χ3n) is 4.94. The molecule has 2 atom stereocenters. The summed E-state index contributed by atoms with van der Waals surface area (Å²) >= 11 is 0. The number of carbonyl (C=O) groups is 1. The van der Waals surface area contributed by atoms with Crippen molar-refractivity contribution >= 4 is 16.9 Å². The second-order valence-electron chi connectivity index (χ2n) is 6.75. The molecule has 1 aliphatic carbocycles. The summed E-state index contributed by atoms with van der Waals surface area (Å²) in [5.41, 5.74) is 2.89. The molecule has 2 N–H and O–H groups in total. The number of hydrogen-bond donors (Lipinski definition) is 2. The molecular formula is C20H20FN3O2. The van der Waals surface area contributed by atoms with Crippen LogP contribution < -0.4 is 5.32 Å². The highest BCUT2D eigenvalue weighted by Gasteiger charge is 2.28. The van der Waals surface area contributed by atoms with Crippen molar-refractivity contribution in [2.45, 2.75) is 38.0 Å². The second kappa shape index (κ2) is 6.88. The molecule has 26 heavy (non-hydrogen) atoms. The number of aromatic nitrogens is 2. The maximum atomic E-state index is 13.1. The Morgan fingerprint density at radius 1 is 1.27 bits per heavy atom. The number of nitrogens with one attached hydrogen (secondary N) is 1. The van der Waals surface area contributed by atoms with Crippen LogP contribution in [0.2, 0.25) is 0 Å². The standard InChI is InChI=1S/C20H20FN3O2/c21-14-8-6-13(7-9-14)11-24-12-15(19-17(24)4-2-10-22-19)20(26)23-16-3-1-5-18(16)25/h2,4,6-10,12,16,18,25H,1,3,5,11H2,(H,23,26)/t16?,18-/m0/s1. The van der Waals surface area contributed by atoms with Crippen LogP contribution in [0.3, 0.4) is 0 Å². The van der Waals surface area contributed by atoms with Crippen LogP contribution in [-0.2, 0) is 6.54 Å². The lowest BCUT2D eigenvalue weighted by molar-refractivity contribution is 0.0874. The number of hydrogen-bond acceptors (Lipinski definition) is 3. The molecule has 4 rings (SSSR count). The molecule has 3 aromatic rings. The number of rotatable bonds is 4. The smallest absolute Gasteiger partial charge is 0.255 e. The summed E-state index contributed by atoms with van der Waals surface area (Å²) in [6.45, 7) is 0.516. The van der Waals surface area contributed by atoms with Gasteiger partial charge >= 0.3 is 0 Å². The first-order valence-electron chi connectivity index (χ1n) is 8.79. The van der Waals surface area contributed by atoms with Gasteiger partial charge in [0.25, 0.3) is 5.91 Å². The number of pyridine rings is 1. The number of benzene rings is 1. The fraction of sp³-hybridized carbons (Fsp3) is 0.300. The molecule has 0 bridgehead atoms. The highest BCUT2D eigenvalue weighted by molar-refractivity contribution is 6.05. The van der Waals surface area contributed by atoms with Gasteiger partial charge in [0.2, 0.25) is 0 Å². The number of amides is 1. The second-order valence-corrected chi connectivity index (χ2v) is 6.75. The van der Waals surface area contributed by atoms with Crippen LogP contribution >= 0.6 is 0 Å².